The van der Waals surface area contributed by atoms with Crippen LogP contribution in [0.5, 0.6) is 0 Å². The minimum atomic E-state index is 0.305. The second-order valence-corrected chi connectivity index (χ2v) is 7.16. The molecule has 0 aliphatic rings. The van der Waals surface area contributed by atoms with Crippen LogP contribution in [-0.4, -0.2) is 0 Å². The molecule has 1 rings (SSSR count). The Morgan fingerprint density at radius 2 is 1.17 bits per heavy atom. The van der Waals surface area contributed by atoms with Crippen LogP contribution in [-0.2, 0) is 0 Å². The van der Waals surface area contributed by atoms with E-state index in [-0.39, 0.29) is 0 Å². The van der Waals surface area contributed by atoms with Crippen molar-refractivity contribution in [1.82, 2.24) is 5.43 Å². The minimum Gasteiger partial charge on any atom is -0.271 e. The predicted molar refractivity (Wildman–Crippen MR) is 107 cm³/mol. The summed E-state index contributed by atoms with van der Waals surface area (Å²) in [6.07, 6.45) is 19.4. The number of nitrogens with two attached hydrogens (primary N) is 1. The van der Waals surface area contributed by atoms with Crippen LogP contribution in [0.25, 0.3) is 0 Å². The molecule has 0 saturated heterocycles. The Labute approximate surface area is 150 Å². The molecule has 2 heteroatoms. The third-order valence-corrected chi connectivity index (χ3v) is 5.00. The predicted octanol–water partition coefficient (Wildman–Crippen LogP) is 6.67. The van der Waals surface area contributed by atoms with Crippen LogP contribution in [0.15, 0.2) is 30.3 Å². The first-order valence-electron chi connectivity index (χ1n) is 10.4. The molecule has 24 heavy (non-hydrogen) atoms. The summed E-state index contributed by atoms with van der Waals surface area (Å²) in [6.45, 7) is 2.29. The van der Waals surface area contributed by atoms with E-state index in [4.69, 9.17) is 5.84 Å². The molecule has 0 heterocycles. The lowest BCUT2D eigenvalue weighted by molar-refractivity contribution is 0.473. The Hall–Kier alpha value is -0.860. The number of unbranched alkanes of at least 4 members (excludes halogenated alkanes) is 12. The van der Waals surface area contributed by atoms with Crippen LogP contribution >= 0.6 is 0 Å². The molecular weight excluding hydrogens is 292 g/mol. The van der Waals surface area contributed by atoms with Crippen molar-refractivity contribution in [2.75, 3.05) is 0 Å². The van der Waals surface area contributed by atoms with Gasteiger partial charge in [-0.15, -0.1) is 0 Å². The molecular formula is C22H40N2. The Balaban J connectivity index is 1.88. The van der Waals surface area contributed by atoms with Gasteiger partial charge in [-0.05, 0) is 12.0 Å². The number of rotatable bonds is 16. The molecule has 1 atom stereocenters. The molecule has 138 valence electrons. The Morgan fingerprint density at radius 1 is 0.708 bits per heavy atom. The summed E-state index contributed by atoms with van der Waals surface area (Å²) in [7, 11) is 0. The molecule has 3 N–H and O–H groups in total. The Morgan fingerprint density at radius 3 is 1.62 bits per heavy atom. The highest BCUT2D eigenvalue weighted by atomic mass is 15.2. The van der Waals surface area contributed by atoms with E-state index in [0.717, 1.165) is 6.42 Å². The maximum Gasteiger partial charge on any atom is 0.0460 e. The zero-order valence-electron chi connectivity index (χ0n) is 15.9. The molecule has 0 saturated carbocycles. The maximum absolute atomic E-state index is 5.70. The van der Waals surface area contributed by atoms with Crippen molar-refractivity contribution in [2.24, 2.45) is 5.84 Å². The molecule has 0 unspecified atom stereocenters. The minimum absolute atomic E-state index is 0.305. The number of hydrogen-bond donors (Lipinski definition) is 2. The lowest BCUT2D eigenvalue weighted by Gasteiger charge is -2.16. The van der Waals surface area contributed by atoms with Crippen LogP contribution < -0.4 is 11.3 Å². The highest BCUT2D eigenvalue weighted by molar-refractivity contribution is 5.18. The summed E-state index contributed by atoms with van der Waals surface area (Å²) in [5.41, 5.74) is 4.27. The fourth-order valence-electron chi connectivity index (χ4n) is 3.40. The van der Waals surface area contributed by atoms with E-state index in [0.29, 0.717) is 6.04 Å². The number of hydrogen-bond acceptors (Lipinski definition) is 2. The first-order chi connectivity index (χ1) is 11.9. The lowest BCUT2D eigenvalue weighted by Crippen LogP contribution is -2.27. The van der Waals surface area contributed by atoms with E-state index in [2.05, 4.69) is 42.7 Å². The second-order valence-electron chi connectivity index (χ2n) is 7.16. The maximum atomic E-state index is 5.70. The van der Waals surface area contributed by atoms with Gasteiger partial charge in [0.05, 0.1) is 0 Å². The molecule has 0 bridgehead atoms. The molecule has 0 radical (unpaired) electrons. The van der Waals surface area contributed by atoms with Gasteiger partial charge in [-0.2, -0.15) is 0 Å². The topological polar surface area (TPSA) is 38.0 Å². The fraction of sp³-hybridized carbons (Fsp3) is 0.727. The van der Waals surface area contributed by atoms with E-state index >= 15 is 0 Å². The molecule has 0 spiro atoms. The van der Waals surface area contributed by atoms with Gasteiger partial charge in [0.15, 0.2) is 0 Å². The summed E-state index contributed by atoms with van der Waals surface area (Å²) < 4.78 is 0. The quantitative estimate of drug-likeness (QED) is 0.201. The second kappa shape index (κ2) is 15.7. The van der Waals surface area contributed by atoms with Gasteiger partial charge < -0.3 is 0 Å². The van der Waals surface area contributed by atoms with Gasteiger partial charge in [-0.3, -0.25) is 11.3 Å². The summed E-state index contributed by atoms with van der Waals surface area (Å²) in [5, 5.41) is 0. The van der Waals surface area contributed by atoms with Crippen molar-refractivity contribution in [1.29, 1.82) is 0 Å². The third-order valence-electron chi connectivity index (χ3n) is 5.00. The zero-order valence-corrected chi connectivity index (χ0v) is 15.9. The molecule has 0 aliphatic carbocycles. The average Bonchev–Trinajstić information content (AvgIpc) is 2.63. The van der Waals surface area contributed by atoms with E-state index in [1.807, 2.05) is 0 Å². The Bertz CT molecular complexity index is 363. The summed E-state index contributed by atoms with van der Waals surface area (Å²) >= 11 is 0. The van der Waals surface area contributed by atoms with Gasteiger partial charge in [0, 0.05) is 6.04 Å². The molecule has 2 nitrogen and oxygen atoms in total. The first-order valence-corrected chi connectivity index (χ1v) is 10.4. The lowest BCUT2D eigenvalue weighted by atomic mass is 10.00. The standard InChI is InChI=1S/C22H40N2/c1-2-3-4-5-6-7-8-9-10-11-12-13-17-20-22(24-23)21-18-15-14-16-19-21/h14-16,18-19,22,24H,2-13,17,20,23H2,1H3/t22-/m1/s1. The van der Waals surface area contributed by atoms with Crippen molar-refractivity contribution < 1.29 is 0 Å². The number of benzene rings is 1. The molecule has 0 fully saturated rings. The van der Waals surface area contributed by atoms with Crippen molar-refractivity contribution >= 4 is 0 Å². The van der Waals surface area contributed by atoms with E-state index in [9.17, 15) is 0 Å². The van der Waals surface area contributed by atoms with E-state index in [1.54, 1.807) is 0 Å². The van der Waals surface area contributed by atoms with Crippen LogP contribution in [0.2, 0.25) is 0 Å². The van der Waals surface area contributed by atoms with Crippen molar-refractivity contribution in [3.8, 4) is 0 Å². The summed E-state index contributed by atoms with van der Waals surface area (Å²) in [6, 6.07) is 10.9. The molecule has 1 aromatic carbocycles. The van der Waals surface area contributed by atoms with E-state index in [1.165, 1.54) is 89.0 Å². The van der Waals surface area contributed by atoms with E-state index < -0.39 is 0 Å². The number of nitrogens with one attached hydrogen (secondary N) is 1. The zero-order chi connectivity index (χ0) is 17.3. The molecule has 0 aromatic heterocycles. The third kappa shape index (κ3) is 10.8. The number of hydrazine groups is 1. The monoisotopic (exact) mass is 332 g/mol. The smallest absolute Gasteiger partial charge is 0.0460 e. The fourth-order valence-corrected chi connectivity index (χ4v) is 3.40. The Kier molecular flexibility index (Phi) is 13.8. The highest BCUT2D eigenvalue weighted by Gasteiger charge is 2.07. The van der Waals surface area contributed by atoms with Gasteiger partial charge in [0.25, 0.3) is 0 Å². The van der Waals surface area contributed by atoms with Crippen molar-refractivity contribution in [3.63, 3.8) is 0 Å². The largest absolute Gasteiger partial charge is 0.271 e. The normalized spacial score (nSPS) is 12.4. The summed E-state index contributed by atoms with van der Waals surface area (Å²) in [4.78, 5) is 0. The van der Waals surface area contributed by atoms with Gasteiger partial charge >= 0.3 is 0 Å². The van der Waals surface area contributed by atoms with Crippen molar-refractivity contribution in [2.45, 2.75) is 103 Å². The van der Waals surface area contributed by atoms with Crippen LogP contribution in [0.1, 0.15) is 108 Å². The molecule has 0 aliphatic heterocycles. The SMILES string of the molecule is CCCCCCCCCCCCCCC[C@@H](NN)c1ccccc1. The highest BCUT2D eigenvalue weighted by Crippen LogP contribution is 2.19. The molecule has 0 amide bonds. The first kappa shape index (κ1) is 21.2. The molecule has 1 aromatic rings. The van der Waals surface area contributed by atoms with Crippen LogP contribution in [0.4, 0.5) is 0 Å². The average molecular weight is 333 g/mol. The van der Waals surface area contributed by atoms with Gasteiger partial charge in [-0.1, -0.05) is 121 Å². The van der Waals surface area contributed by atoms with Gasteiger partial charge in [0.2, 0.25) is 0 Å². The summed E-state index contributed by atoms with van der Waals surface area (Å²) in [5.74, 6) is 5.70. The van der Waals surface area contributed by atoms with Gasteiger partial charge in [0.1, 0.15) is 0 Å². The van der Waals surface area contributed by atoms with Gasteiger partial charge in [-0.25, -0.2) is 0 Å². The van der Waals surface area contributed by atoms with Crippen LogP contribution in [0, 0.1) is 0 Å². The van der Waals surface area contributed by atoms with Crippen molar-refractivity contribution in [3.05, 3.63) is 35.9 Å². The van der Waals surface area contributed by atoms with Crippen LogP contribution in [0.3, 0.4) is 0 Å².